The molecule has 5 heteroatoms. The number of carbonyl (C=O) groups is 2. The molecule has 92 valence electrons. The summed E-state index contributed by atoms with van der Waals surface area (Å²) in [7, 11) is 0. The molecule has 0 aromatic carbocycles. The fraction of sp³-hybridized carbons (Fsp3) is 0.818. The van der Waals surface area contributed by atoms with Crippen LogP contribution in [0.2, 0.25) is 0 Å². The van der Waals surface area contributed by atoms with Crippen molar-refractivity contribution in [1.82, 2.24) is 4.90 Å². The molecule has 1 saturated heterocycles. The largest absolute Gasteiger partial charge is 0.465 e. The Balaban J connectivity index is 2.62. The summed E-state index contributed by atoms with van der Waals surface area (Å²) in [5.41, 5.74) is -0.180. The number of amides is 1. The third-order valence-electron chi connectivity index (χ3n) is 2.90. The van der Waals surface area contributed by atoms with Crippen LogP contribution < -0.4 is 0 Å². The van der Waals surface area contributed by atoms with Crippen molar-refractivity contribution >= 4 is 12.4 Å². The van der Waals surface area contributed by atoms with Gasteiger partial charge in [-0.05, 0) is 11.8 Å². The average molecular weight is 229 g/mol. The molecule has 0 aromatic heterocycles. The maximum atomic E-state index is 11.0. The third kappa shape index (κ3) is 3.48. The highest BCUT2D eigenvalue weighted by Crippen LogP contribution is 2.28. The van der Waals surface area contributed by atoms with Gasteiger partial charge < -0.3 is 19.5 Å². The number of nitrogens with zero attached hydrogens (tertiary/aromatic N) is 1. The van der Waals surface area contributed by atoms with E-state index in [1.165, 1.54) is 4.90 Å². The van der Waals surface area contributed by atoms with Gasteiger partial charge in [0.25, 0.3) is 0 Å². The van der Waals surface area contributed by atoms with Crippen LogP contribution in [-0.2, 0) is 9.53 Å². The molecule has 1 N–H and O–H groups in total. The number of rotatable bonds is 4. The van der Waals surface area contributed by atoms with E-state index in [-0.39, 0.29) is 11.5 Å². The molecule has 1 fully saturated rings. The number of carbonyl (C=O) groups excluding carboxylic acids is 1. The summed E-state index contributed by atoms with van der Waals surface area (Å²) in [6.45, 7) is 5.23. The Bertz CT molecular complexity index is 265. The van der Waals surface area contributed by atoms with Crippen molar-refractivity contribution < 1.29 is 19.4 Å². The van der Waals surface area contributed by atoms with Gasteiger partial charge in [-0.1, -0.05) is 13.8 Å². The maximum Gasteiger partial charge on any atom is 0.407 e. The molecular weight excluding hydrogens is 210 g/mol. The van der Waals surface area contributed by atoms with Crippen molar-refractivity contribution in [2.45, 2.75) is 32.7 Å². The minimum Gasteiger partial charge on any atom is -0.465 e. The van der Waals surface area contributed by atoms with Gasteiger partial charge in [0.2, 0.25) is 0 Å². The predicted octanol–water partition coefficient (Wildman–Crippen LogP) is 1.37. The van der Waals surface area contributed by atoms with E-state index >= 15 is 0 Å². The van der Waals surface area contributed by atoms with Crippen molar-refractivity contribution in [2.75, 3.05) is 19.8 Å². The second-order valence-corrected chi connectivity index (χ2v) is 4.94. The summed E-state index contributed by atoms with van der Waals surface area (Å²) in [5.74, 6) is 0. The first-order valence-electron chi connectivity index (χ1n) is 5.47. The lowest BCUT2D eigenvalue weighted by Gasteiger charge is -2.37. The molecule has 1 rings (SSSR count). The molecule has 0 unspecified atom stereocenters. The van der Waals surface area contributed by atoms with E-state index in [1.54, 1.807) is 0 Å². The summed E-state index contributed by atoms with van der Waals surface area (Å²) >= 11 is 0. The molecule has 1 amide bonds. The molecule has 16 heavy (non-hydrogen) atoms. The van der Waals surface area contributed by atoms with Gasteiger partial charge in [-0.3, -0.25) is 0 Å². The summed E-state index contributed by atoms with van der Waals surface area (Å²) in [4.78, 5) is 22.9. The molecule has 1 aliphatic rings. The third-order valence-corrected chi connectivity index (χ3v) is 2.90. The van der Waals surface area contributed by atoms with Gasteiger partial charge in [0.1, 0.15) is 6.29 Å². The molecule has 0 aliphatic carbocycles. The molecule has 1 heterocycles. The number of ether oxygens (including phenoxy) is 1. The Hall–Kier alpha value is -1.10. The topological polar surface area (TPSA) is 66.8 Å². The fourth-order valence-electron chi connectivity index (χ4n) is 2.02. The summed E-state index contributed by atoms with van der Waals surface area (Å²) in [6, 6.07) is -0.138. The van der Waals surface area contributed by atoms with Crippen molar-refractivity contribution in [3.8, 4) is 0 Å². The molecule has 5 nitrogen and oxygen atoms in total. The number of hydrogen-bond donors (Lipinski definition) is 1. The zero-order valence-electron chi connectivity index (χ0n) is 9.81. The first-order chi connectivity index (χ1) is 7.46. The van der Waals surface area contributed by atoms with Crippen molar-refractivity contribution in [2.24, 2.45) is 5.41 Å². The second-order valence-electron chi connectivity index (χ2n) is 4.94. The molecule has 0 spiro atoms. The van der Waals surface area contributed by atoms with E-state index in [0.717, 1.165) is 6.29 Å². The quantitative estimate of drug-likeness (QED) is 0.739. The Kier molecular flexibility index (Phi) is 4.29. The minimum absolute atomic E-state index is 0.138. The van der Waals surface area contributed by atoms with Gasteiger partial charge in [0.15, 0.2) is 0 Å². The molecule has 0 saturated carbocycles. The second kappa shape index (κ2) is 5.30. The zero-order chi connectivity index (χ0) is 12.2. The van der Waals surface area contributed by atoms with E-state index in [0.29, 0.717) is 32.6 Å². The number of morpholine rings is 1. The van der Waals surface area contributed by atoms with E-state index in [4.69, 9.17) is 9.84 Å². The Morgan fingerprint density at radius 1 is 1.62 bits per heavy atom. The lowest BCUT2D eigenvalue weighted by Crippen LogP contribution is -2.49. The minimum atomic E-state index is -0.907. The van der Waals surface area contributed by atoms with E-state index < -0.39 is 6.09 Å². The number of carboxylic acid groups (broad SMARTS) is 1. The molecule has 0 bridgehead atoms. The van der Waals surface area contributed by atoms with Crippen LogP contribution >= 0.6 is 0 Å². The van der Waals surface area contributed by atoms with Gasteiger partial charge in [0.05, 0.1) is 19.3 Å². The van der Waals surface area contributed by atoms with E-state index in [9.17, 15) is 9.59 Å². The normalized spacial score (nSPS) is 21.9. The summed E-state index contributed by atoms with van der Waals surface area (Å²) < 4.78 is 5.29. The van der Waals surface area contributed by atoms with E-state index in [1.807, 2.05) is 13.8 Å². The van der Waals surface area contributed by atoms with E-state index in [2.05, 4.69) is 0 Å². The van der Waals surface area contributed by atoms with Gasteiger partial charge >= 0.3 is 6.09 Å². The van der Waals surface area contributed by atoms with Crippen LogP contribution in [0.1, 0.15) is 26.7 Å². The highest BCUT2D eigenvalue weighted by molar-refractivity contribution is 5.65. The van der Waals surface area contributed by atoms with Gasteiger partial charge in [0, 0.05) is 13.0 Å². The Labute approximate surface area is 95.4 Å². The van der Waals surface area contributed by atoms with Crippen LogP contribution in [0.5, 0.6) is 0 Å². The number of aldehydes is 1. The Morgan fingerprint density at radius 3 is 2.88 bits per heavy atom. The summed E-state index contributed by atoms with van der Waals surface area (Å²) in [6.07, 6.45) is 1.07. The van der Waals surface area contributed by atoms with Gasteiger partial charge in [-0.25, -0.2) is 4.79 Å². The standard InChI is InChI=1S/C11H19NO4/c1-11(2,3-5-13)7-9-8-16-6-4-12(9)10(14)15/h5,9H,3-4,6-8H2,1-2H3,(H,14,15)/t9-/m1/s1. The van der Waals surface area contributed by atoms with Gasteiger partial charge in [-0.2, -0.15) is 0 Å². The van der Waals surface area contributed by atoms with Crippen LogP contribution in [-0.4, -0.2) is 48.2 Å². The monoisotopic (exact) mass is 229 g/mol. The highest BCUT2D eigenvalue weighted by Gasteiger charge is 2.32. The molecular formula is C11H19NO4. The van der Waals surface area contributed by atoms with Crippen molar-refractivity contribution in [3.05, 3.63) is 0 Å². The first kappa shape index (κ1) is 13.0. The first-order valence-corrected chi connectivity index (χ1v) is 5.47. The fourth-order valence-corrected chi connectivity index (χ4v) is 2.02. The predicted molar refractivity (Wildman–Crippen MR) is 58.4 cm³/mol. The molecule has 0 aromatic rings. The number of hydrogen-bond acceptors (Lipinski definition) is 3. The molecule has 1 atom stereocenters. The Morgan fingerprint density at radius 2 is 2.31 bits per heavy atom. The summed E-state index contributed by atoms with van der Waals surface area (Å²) in [5, 5.41) is 9.04. The smallest absolute Gasteiger partial charge is 0.407 e. The lowest BCUT2D eigenvalue weighted by molar-refractivity contribution is -0.109. The molecule has 0 radical (unpaired) electrons. The van der Waals surface area contributed by atoms with Crippen LogP contribution in [0.15, 0.2) is 0 Å². The van der Waals surface area contributed by atoms with Crippen molar-refractivity contribution in [1.29, 1.82) is 0 Å². The molecule has 1 aliphatic heterocycles. The van der Waals surface area contributed by atoms with Crippen LogP contribution in [0.25, 0.3) is 0 Å². The van der Waals surface area contributed by atoms with Gasteiger partial charge in [-0.15, -0.1) is 0 Å². The zero-order valence-corrected chi connectivity index (χ0v) is 9.81. The van der Waals surface area contributed by atoms with Crippen LogP contribution in [0.4, 0.5) is 4.79 Å². The van der Waals surface area contributed by atoms with Crippen LogP contribution in [0.3, 0.4) is 0 Å². The van der Waals surface area contributed by atoms with Crippen LogP contribution in [0, 0.1) is 5.41 Å². The van der Waals surface area contributed by atoms with Crippen molar-refractivity contribution in [3.63, 3.8) is 0 Å². The maximum absolute atomic E-state index is 11.0. The SMILES string of the molecule is CC(C)(CC=O)C[C@@H]1COCCN1C(=O)O. The lowest BCUT2D eigenvalue weighted by atomic mass is 9.82. The average Bonchev–Trinajstić information content (AvgIpc) is 2.17. The highest BCUT2D eigenvalue weighted by atomic mass is 16.5.